The summed E-state index contributed by atoms with van der Waals surface area (Å²) in [7, 11) is 0. The second kappa shape index (κ2) is 44.4. The summed E-state index contributed by atoms with van der Waals surface area (Å²) >= 11 is 2.73. The van der Waals surface area contributed by atoms with Crippen LogP contribution in [0.4, 0.5) is 4.79 Å². The molecule has 630 valence electrons. The Morgan fingerprint density at radius 3 is 0.944 bits per heavy atom. The molecule has 6 saturated heterocycles. The van der Waals surface area contributed by atoms with Gasteiger partial charge in [0.1, 0.15) is 122 Å². The maximum Gasteiger partial charge on any atom is 0.314 e. The molecule has 21 unspecified atom stereocenters. The van der Waals surface area contributed by atoms with E-state index in [1.165, 1.54) is 23.5 Å². The molecular formula is C65H127N15O26S2. The zero-order valence-corrected chi connectivity index (χ0v) is 62.6. The van der Waals surface area contributed by atoms with Crippen molar-refractivity contribution in [3.8, 4) is 0 Å². The molecule has 41 nitrogen and oxygen atoms in total. The lowest BCUT2D eigenvalue weighted by Crippen LogP contribution is -2.68. The minimum atomic E-state index is -1.60. The lowest BCUT2D eigenvalue weighted by Gasteiger charge is -2.47. The Hall–Kier alpha value is -2.00. The van der Waals surface area contributed by atoms with E-state index in [0.29, 0.717) is 31.0 Å². The number of unbranched alkanes of at least 4 members (excludes halogenated alkanes) is 10. The quantitative estimate of drug-likeness (QED) is 0.0253. The Kier molecular flexibility index (Phi) is 37.6. The number of thioether (sulfide) groups is 2. The van der Waals surface area contributed by atoms with Crippen molar-refractivity contribution >= 4 is 35.5 Å². The van der Waals surface area contributed by atoms with Gasteiger partial charge >= 0.3 is 6.03 Å². The van der Waals surface area contributed by atoms with E-state index in [2.05, 4.69) is 16.0 Å². The molecule has 0 aromatic heterocycles. The van der Waals surface area contributed by atoms with Gasteiger partial charge in [-0.15, -0.1) is 0 Å². The largest absolute Gasteiger partial charge is 0.389 e. The zero-order chi connectivity index (χ0) is 78.8. The summed E-state index contributed by atoms with van der Waals surface area (Å²) in [6.07, 6.45) is -28.8. The monoisotopic (exact) mass is 1600 g/mol. The third-order valence-corrected chi connectivity index (χ3v) is 23.5. The number of hydrogen-bond donors (Lipinski definition) is 27. The van der Waals surface area contributed by atoms with Gasteiger partial charge in [-0.2, -0.15) is 23.5 Å². The molecule has 0 aromatic carbocycles. The Morgan fingerprint density at radius 2 is 0.602 bits per heavy atom. The SMILES string of the molecule is NCC1O[C@H](OC2C(N)C[C@@H](N)C(O)[C@H]2O[C@@H]2O[C@H](CSCCNC(=O)CCCCCCCCCCCCCNC(=O)NCCSC[C@H]3O[C@@H](OC4C(O[C@@H]5OC(CN)C(O)[C@H](O)C5N)C(N)C[C@H](N)[C@@H]4O)C(O)C3O[C@@H]3O[C@H](CN)C(O)C(O)C3N)[C@H](O[C@H]3O[C@@H](CN)C(O)C(O)C3N)C2O)C(N)[C@@H](O)C1O. The molecule has 6 heterocycles. The van der Waals surface area contributed by atoms with Crippen molar-refractivity contribution in [2.24, 2.45) is 68.8 Å². The smallest absolute Gasteiger partial charge is 0.314 e. The summed E-state index contributed by atoms with van der Waals surface area (Å²) in [6.45, 7) is 0.307. The van der Waals surface area contributed by atoms with Crippen molar-refractivity contribution in [2.75, 3.05) is 68.8 Å². The predicted octanol–water partition coefficient (Wildman–Crippen LogP) is -12.2. The number of carbonyl (C=O) groups is 2. The Bertz CT molecular complexity index is 2460. The van der Waals surface area contributed by atoms with Crippen LogP contribution in [0.5, 0.6) is 0 Å². The van der Waals surface area contributed by atoms with E-state index in [9.17, 15) is 70.9 Å². The lowest BCUT2D eigenvalue weighted by molar-refractivity contribution is -0.306. The number of aliphatic hydroxyl groups excluding tert-OH is 12. The van der Waals surface area contributed by atoms with Crippen LogP contribution in [-0.2, 0) is 61.6 Å². The third kappa shape index (κ3) is 23.9. The van der Waals surface area contributed by atoms with Crippen LogP contribution in [0.15, 0.2) is 0 Å². The lowest BCUT2D eigenvalue weighted by atomic mass is 9.84. The topological polar surface area (TPSA) is 736 Å². The van der Waals surface area contributed by atoms with Crippen LogP contribution in [0.1, 0.15) is 89.9 Å². The maximum atomic E-state index is 12.8. The number of ether oxygens (including phenoxy) is 12. The Balaban J connectivity index is 0.682. The molecule has 0 spiro atoms. The summed E-state index contributed by atoms with van der Waals surface area (Å²) < 4.78 is 73.1. The molecule has 8 aliphatic rings. The normalized spacial score (nSPS) is 44.5. The molecule has 2 saturated carbocycles. The number of hydrogen-bond acceptors (Lipinski definition) is 40. The summed E-state index contributed by atoms with van der Waals surface area (Å²) in [5.41, 5.74) is 73.7. The van der Waals surface area contributed by atoms with Gasteiger partial charge in [0.15, 0.2) is 37.7 Å². The van der Waals surface area contributed by atoms with Gasteiger partial charge in [-0.05, 0) is 25.7 Å². The average molecular weight is 1600 g/mol. The van der Waals surface area contributed by atoms with Crippen LogP contribution < -0.4 is 84.8 Å². The molecule has 108 heavy (non-hydrogen) atoms. The van der Waals surface area contributed by atoms with Crippen LogP contribution >= 0.6 is 23.5 Å². The number of aliphatic hydroxyl groups is 12. The minimum absolute atomic E-state index is 0.0576. The zero-order valence-electron chi connectivity index (χ0n) is 60.9. The Morgan fingerprint density at radius 1 is 0.315 bits per heavy atom. The van der Waals surface area contributed by atoms with E-state index in [1.807, 2.05) is 0 Å². The highest BCUT2D eigenvalue weighted by Crippen LogP contribution is 2.39. The molecule has 43 heteroatoms. The van der Waals surface area contributed by atoms with Gasteiger partial charge in [-0.25, -0.2) is 4.79 Å². The van der Waals surface area contributed by atoms with Crippen molar-refractivity contribution in [1.82, 2.24) is 16.0 Å². The van der Waals surface area contributed by atoms with E-state index in [1.54, 1.807) is 0 Å². The minimum Gasteiger partial charge on any atom is -0.389 e. The van der Waals surface area contributed by atoms with Gasteiger partial charge in [0, 0.05) is 99.4 Å². The first-order chi connectivity index (χ1) is 51.5. The fourth-order valence-electron chi connectivity index (χ4n) is 14.7. The first kappa shape index (κ1) is 91.5. The van der Waals surface area contributed by atoms with Crippen molar-refractivity contribution in [3.63, 3.8) is 0 Å². The van der Waals surface area contributed by atoms with E-state index in [-0.39, 0.29) is 69.0 Å². The number of urea groups is 1. The predicted molar refractivity (Wildman–Crippen MR) is 387 cm³/mol. The summed E-state index contributed by atoms with van der Waals surface area (Å²) in [6, 6.07) is -9.05. The van der Waals surface area contributed by atoms with Crippen molar-refractivity contribution in [1.29, 1.82) is 0 Å². The molecule has 0 bridgehead atoms. The second-order valence-corrected chi connectivity index (χ2v) is 31.7. The van der Waals surface area contributed by atoms with Gasteiger partial charge in [0.05, 0.1) is 48.6 Å². The van der Waals surface area contributed by atoms with Crippen molar-refractivity contribution in [2.45, 2.75) is 322 Å². The van der Waals surface area contributed by atoms with Crippen LogP contribution in [0, 0.1) is 0 Å². The second-order valence-electron chi connectivity index (χ2n) is 29.4. The summed E-state index contributed by atoms with van der Waals surface area (Å²) in [5, 5.41) is 140. The maximum absolute atomic E-state index is 12.8. The molecular weight excluding hydrogens is 1470 g/mol. The third-order valence-electron chi connectivity index (χ3n) is 21.4. The first-order valence-electron chi connectivity index (χ1n) is 37.9. The standard InChI is InChI=1S/C65H127N15O26S2/c66-20-30-43(84)47(88)37(74)59(95-30)101-53-28(72)18-26(70)41(82)57(53)105-63-51(92)55(103-61-39(76)49(90)45(86)32(22-68)97-61)34(99-63)24-107-16-14-78-36(81)12-10-8-6-4-2-1-3-5-7-9-11-13-79-65(94)80-15-17-108-25-35-56(104-62-40(77)50(91)46(87)33(23-69)98-62)52(93)64(100-35)106-58-42(83)27(71)19-29(73)54(58)102-60-38(75)48(89)44(85)31(21-67)96-60/h26-35,37-64,82-93H,1-25,66-77H2,(H,78,81)(H2,79,80,94)/t26-,27+,28?,29?,30?,31?,32+,33-,34-,35-,37?,38?,39?,40?,41?,42+,43?,44?,45?,46?,47-,48-,49?,50?,51?,52?,53?,54?,55+,56?,57-,58?,59-,60+,61-,62+,63+,64+/m1/s1. The molecule has 3 amide bonds. The van der Waals surface area contributed by atoms with Gasteiger partial charge in [-0.1, -0.05) is 57.8 Å². The van der Waals surface area contributed by atoms with Gasteiger partial charge in [0.2, 0.25) is 5.91 Å². The van der Waals surface area contributed by atoms with Gasteiger partial charge < -0.3 is 203 Å². The highest BCUT2D eigenvalue weighted by molar-refractivity contribution is 7.99. The number of nitrogens with one attached hydrogen (secondary N) is 3. The van der Waals surface area contributed by atoms with E-state index < -0.39 is 233 Å². The Labute approximate surface area is 636 Å². The van der Waals surface area contributed by atoms with E-state index in [4.69, 9.17) is 126 Å². The highest BCUT2D eigenvalue weighted by Gasteiger charge is 2.58. The van der Waals surface area contributed by atoms with Crippen LogP contribution in [-0.4, -0.2) is 375 Å². The number of nitrogens with two attached hydrogens (primary N) is 12. The number of amides is 3. The molecule has 6 aliphatic heterocycles. The number of rotatable bonds is 40. The molecule has 39 N–H and O–H groups in total. The molecule has 0 aromatic rings. The molecule has 8 fully saturated rings. The van der Waals surface area contributed by atoms with Crippen LogP contribution in [0.3, 0.4) is 0 Å². The van der Waals surface area contributed by atoms with Crippen LogP contribution in [0.25, 0.3) is 0 Å². The summed E-state index contributed by atoms with van der Waals surface area (Å²) in [4.78, 5) is 25.6. The van der Waals surface area contributed by atoms with Gasteiger partial charge in [0.25, 0.3) is 0 Å². The molecule has 2 aliphatic carbocycles. The van der Waals surface area contributed by atoms with E-state index >= 15 is 0 Å². The van der Waals surface area contributed by atoms with Crippen molar-refractivity contribution in [3.05, 3.63) is 0 Å². The molecule has 0 radical (unpaired) electrons. The van der Waals surface area contributed by atoms with Gasteiger partial charge in [-0.3, -0.25) is 4.79 Å². The van der Waals surface area contributed by atoms with Crippen LogP contribution in [0.2, 0.25) is 0 Å². The molecule has 38 atom stereocenters. The average Bonchev–Trinajstić information content (AvgIpc) is 1.46. The first-order valence-corrected chi connectivity index (χ1v) is 40.2. The van der Waals surface area contributed by atoms with E-state index in [0.717, 1.165) is 70.6 Å². The highest BCUT2D eigenvalue weighted by atomic mass is 32.2. The summed E-state index contributed by atoms with van der Waals surface area (Å²) in [5.74, 6) is 1.07. The van der Waals surface area contributed by atoms with Crippen molar-refractivity contribution < 1.29 is 128 Å². The molecule has 8 rings (SSSR count). The fourth-order valence-corrected chi connectivity index (χ4v) is 16.5. The fraction of sp³-hybridized carbons (Fsp3) is 0.969. The number of carbonyl (C=O) groups excluding carboxylic acids is 2.